The standard InChI is InChI=1S/C16H29N3/c1-13(2)14-5-4-9-19(10-8-14)12-16(11-17,18-3)15-6-7-15/h13-15,18H,4-10,12H2,1-3H3. The first kappa shape index (κ1) is 14.8. The quantitative estimate of drug-likeness (QED) is 0.829. The largest absolute Gasteiger partial charge is 0.301 e. The van der Waals surface area contributed by atoms with Gasteiger partial charge in [0.2, 0.25) is 0 Å². The highest BCUT2D eigenvalue weighted by molar-refractivity contribution is 5.16. The van der Waals surface area contributed by atoms with E-state index in [4.69, 9.17) is 0 Å². The molecular formula is C16H29N3. The summed E-state index contributed by atoms with van der Waals surface area (Å²) in [6, 6.07) is 2.58. The Kier molecular flexibility index (Phi) is 4.86. The van der Waals surface area contributed by atoms with Crippen LogP contribution in [0.15, 0.2) is 0 Å². The van der Waals surface area contributed by atoms with Gasteiger partial charge in [0.05, 0.1) is 6.07 Å². The molecule has 19 heavy (non-hydrogen) atoms. The number of hydrogen-bond donors (Lipinski definition) is 1. The van der Waals surface area contributed by atoms with Crippen LogP contribution in [0.25, 0.3) is 0 Å². The van der Waals surface area contributed by atoms with E-state index in [0.29, 0.717) is 5.92 Å². The van der Waals surface area contributed by atoms with Crippen molar-refractivity contribution in [3.63, 3.8) is 0 Å². The molecule has 2 fully saturated rings. The molecule has 1 saturated carbocycles. The molecule has 0 amide bonds. The molecule has 2 unspecified atom stereocenters. The monoisotopic (exact) mass is 263 g/mol. The van der Waals surface area contributed by atoms with E-state index in [1.165, 1.54) is 45.2 Å². The number of likely N-dealkylation sites (tertiary alicyclic amines) is 1. The lowest BCUT2D eigenvalue weighted by molar-refractivity contribution is 0.203. The molecule has 0 aromatic rings. The van der Waals surface area contributed by atoms with E-state index >= 15 is 0 Å². The van der Waals surface area contributed by atoms with Crippen LogP contribution < -0.4 is 5.32 Å². The summed E-state index contributed by atoms with van der Waals surface area (Å²) >= 11 is 0. The summed E-state index contributed by atoms with van der Waals surface area (Å²) in [4.78, 5) is 2.53. The molecule has 0 aromatic heterocycles. The Morgan fingerprint density at radius 3 is 2.53 bits per heavy atom. The van der Waals surface area contributed by atoms with E-state index in [1.807, 2.05) is 7.05 Å². The Labute approximate surface area is 118 Å². The average molecular weight is 263 g/mol. The lowest BCUT2D eigenvalue weighted by Gasteiger charge is -2.33. The van der Waals surface area contributed by atoms with Crippen molar-refractivity contribution in [3.8, 4) is 6.07 Å². The third-order valence-corrected chi connectivity index (χ3v) is 5.20. The van der Waals surface area contributed by atoms with Crippen molar-refractivity contribution in [1.82, 2.24) is 10.2 Å². The molecule has 0 aromatic carbocycles. The van der Waals surface area contributed by atoms with Gasteiger partial charge in [0.1, 0.15) is 5.54 Å². The minimum atomic E-state index is -0.294. The number of hydrogen-bond acceptors (Lipinski definition) is 3. The van der Waals surface area contributed by atoms with E-state index in [2.05, 4.69) is 30.1 Å². The van der Waals surface area contributed by atoms with Crippen molar-refractivity contribution in [2.24, 2.45) is 17.8 Å². The smallest absolute Gasteiger partial charge is 0.122 e. The van der Waals surface area contributed by atoms with E-state index in [0.717, 1.165) is 18.4 Å². The van der Waals surface area contributed by atoms with Gasteiger partial charge in [-0.3, -0.25) is 0 Å². The van der Waals surface area contributed by atoms with Crippen molar-refractivity contribution in [2.45, 2.75) is 51.5 Å². The maximum absolute atomic E-state index is 9.59. The van der Waals surface area contributed by atoms with Crippen molar-refractivity contribution in [1.29, 1.82) is 5.26 Å². The van der Waals surface area contributed by atoms with Crippen molar-refractivity contribution in [2.75, 3.05) is 26.7 Å². The van der Waals surface area contributed by atoms with Gasteiger partial charge in [0.25, 0.3) is 0 Å². The van der Waals surface area contributed by atoms with Crippen LogP contribution in [0, 0.1) is 29.1 Å². The Balaban J connectivity index is 1.93. The van der Waals surface area contributed by atoms with Gasteiger partial charge in [-0.25, -0.2) is 0 Å². The molecule has 0 bridgehead atoms. The molecule has 2 atom stereocenters. The number of rotatable bonds is 5. The molecule has 1 aliphatic heterocycles. The molecule has 3 heteroatoms. The van der Waals surface area contributed by atoms with E-state index < -0.39 is 0 Å². The highest BCUT2D eigenvalue weighted by Gasteiger charge is 2.45. The fourth-order valence-corrected chi connectivity index (χ4v) is 3.53. The van der Waals surface area contributed by atoms with Gasteiger partial charge in [0, 0.05) is 6.54 Å². The highest BCUT2D eigenvalue weighted by atomic mass is 15.2. The average Bonchev–Trinajstić information content (AvgIpc) is 3.23. The molecule has 108 valence electrons. The van der Waals surface area contributed by atoms with Gasteiger partial charge in [-0.05, 0) is 70.0 Å². The predicted molar refractivity (Wildman–Crippen MR) is 78.7 cm³/mol. The van der Waals surface area contributed by atoms with Gasteiger partial charge in [-0.15, -0.1) is 0 Å². The maximum Gasteiger partial charge on any atom is 0.122 e. The molecule has 1 N–H and O–H groups in total. The summed E-state index contributed by atoms with van der Waals surface area (Å²) in [5, 5.41) is 12.9. The number of nitrogens with one attached hydrogen (secondary N) is 1. The Hall–Kier alpha value is -0.590. The summed E-state index contributed by atoms with van der Waals surface area (Å²) in [6.45, 7) is 7.94. The number of likely N-dealkylation sites (N-methyl/N-ethyl adjacent to an activating group) is 1. The fourth-order valence-electron chi connectivity index (χ4n) is 3.53. The van der Waals surface area contributed by atoms with Gasteiger partial charge >= 0.3 is 0 Å². The van der Waals surface area contributed by atoms with Gasteiger partial charge in [0.15, 0.2) is 0 Å². The van der Waals surface area contributed by atoms with Crippen molar-refractivity contribution < 1.29 is 0 Å². The van der Waals surface area contributed by atoms with Crippen molar-refractivity contribution in [3.05, 3.63) is 0 Å². The topological polar surface area (TPSA) is 39.1 Å². The van der Waals surface area contributed by atoms with E-state index in [1.54, 1.807) is 0 Å². The molecule has 1 saturated heterocycles. The third-order valence-electron chi connectivity index (χ3n) is 5.20. The summed E-state index contributed by atoms with van der Waals surface area (Å²) in [7, 11) is 1.95. The Bertz CT molecular complexity index is 329. The second kappa shape index (κ2) is 6.24. The van der Waals surface area contributed by atoms with Crippen LogP contribution in [0.2, 0.25) is 0 Å². The molecule has 3 nitrogen and oxygen atoms in total. The van der Waals surface area contributed by atoms with Crippen LogP contribution >= 0.6 is 0 Å². The zero-order valence-corrected chi connectivity index (χ0v) is 12.8. The van der Waals surface area contributed by atoms with Crippen LogP contribution in [-0.4, -0.2) is 37.1 Å². The van der Waals surface area contributed by atoms with Gasteiger partial charge < -0.3 is 10.2 Å². The van der Waals surface area contributed by atoms with Gasteiger partial charge in [-0.1, -0.05) is 13.8 Å². The minimum Gasteiger partial charge on any atom is -0.301 e. The number of nitrogens with zero attached hydrogens (tertiary/aromatic N) is 2. The molecular weight excluding hydrogens is 234 g/mol. The third kappa shape index (κ3) is 3.49. The maximum atomic E-state index is 9.59. The summed E-state index contributed by atoms with van der Waals surface area (Å²) in [6.07, 6.45) is 6.39. The van der Waals surface area contributed by atoms with Crippen LogP contribution in [0.1, 0.15) is 46.0 Å². The van der Waals surface area contributed by atoms with E-state index in [9.17, 15) is 5.26 Å². The first-order valence-electron chi connectivity index (χ1n) is 7.94. The molecule has 2 aliphatic rings. The zero-order chi connectivity index (χ0) is 13.9. The zero-order valence-electron chi connectivity index (χ0n) is 12.8. The van der Waals surface area contributed by atoms with Crippen LogP contribution in [0.3, 0.4) is 0 Å². The summed E-state index contributed by atoms with van der Waals surface area (Å²) in [5.41, 5.74) is -0.294. The summed E-state index contributed by atoms with van der Waals surface area (Å²) < 4.78 is 0. The fraction of sp³-hybridized carbons (Fsp3) is 0.938. The van der Waals surface area contributed by atoms with Crippen LogP contribution in [0.5, 0.6) is 0 Å². The minimum absolute atomic E-state index is 0.294. The first-order chi connectivity index (χ1) is 9.11. The lowest BCUT2D eigenvalue weighted by atomic mass is 9.89. The molecule has 1 heterocycles. The molecule has 0 spiro atoms. The van der Waals surface area contributed by atoms with Crippen LogP contribution in [-0.2, 0) is 0 Å². The first-order valence-corrected chi connectivity index (χ1v) is 7.94. The second-order valence-electron chi connectivity index (χ2n) is 6.82. The SMILES string of the molecule is CNC(C#N)(CN1CCCC(C(C)C)CC1)C1CC1. The normalized spacial score (nSPS) is 28.7. The van der Waals surface area contributed by atoms with Crippen LogP contribution in [0.4, 0.5) is 0 Å². The predicted octanol–water partition coefficient (Wildman–Crippen LogP) is 2.64. The van der Waals surface area contributed by atoms with E-state index in [-0.39, 0.29) is 5.54 Å². The Morgan fingerprint density at radius 1 is 1.26 bits per heavy atom. The molecule has 0 radical (unpaired) electrons. The van der Waals surface area contributed by atoms with Crippen molar-refractivity contribution >= 4 is 0 Å². The number of nitriles is 1. The summed E-state index contributed by atoms with van der Waals surface area (Å²) in [5.74, 6) is 2.25. The second-order valence-corrected chi connectivity index (χ2v) is 6.82. The molecule has 2 rings (SSSR count). The highest BCUT2D eigenvalue weighted by Crippen LogP contribution is 2.40. The lowest BCUT2D eigenvalue weighted by Crippen LogP contribution is -2.53. The van der Waals surface area contributed by atoms with Gasteiger partial charge in [-0.2, -0.15) is 5.26 Å². The Morgan fingerprint density at radius 2 is 2.00 bits per heavy atom. The molecule has 1 aliphatic carbocycles.